The lowest BCUT2D eigenvalue weighted by Gasteiger charge is -2.05. The van der Waals surface area contributed by atoms with Crippen LogP contribution < -0.4 is 0 Å². The van der Waals surface area contributed by atoms with Crippen molar-refractivity contribution in [1.29, 1.82) is 0 Å². The molecule has 12 heavy (non-hydrogen) atoms. The average molecular weight is 175 g/mol. The molecule has 0 saturated heterocycles. The maximum atomic E-state index is 10.4. The normalized spacial score (nSPS) is 13.2. The Bertz CT molecular complexity index is 83.8. The summed E-state index contributed by atoms with van der Waals surface area (Å²) < 4.78 is 9.74. The number of ether oxygens (including phenoxy) is 2. The van der Waals surface area contributed by atoms with Crippen LogP contribution in [0.2, 0.25) is 0 Å². The molecule has 1 atom stereocenters. The summed E-state index contributed by atoms with van der Waals surface area (Å²) >= 11 is 0. The van der Waals surface area contributed by atoms with Crippen LogP contribution in [0.3, 0.4) is 0 Å². The van der Waals surface area contributed by atoms with Crippen molar-refractivity contribution < 1.29 is 14.6 Å². The Morgan fingerprint density at radius 3 is 2.58 bits per heavy atom. The van der Waals surface area contributed by atoms with Crippen LogP contribution in [0.25, 0.3) is 0 Å². The van der Waals surface area contributed by atoms with E-state index in [1.54, 1.807) is 0 Å². The summed E-state index contributed by atoms with van der Waals surface area (Å²) in [6.07, 6.45) is 3.77. The van der Waals surface area contributed by atoms with Gasteiger partial charge in [0.15, 0.2) is 6.29 Å². The van der Waals surface area contributed by atoms with E-state index in [1.807, 2.05) is 0 Å². The average Bonchev–Trinajstić information content (AvgIpc) is 2.02. The molecule has 3 heteroatoms. The van der Waals surface area contributed by atoms with E-state index in [1.165, 1.54) is 26.2 Å². The van der Waals surface area contributed by atoms with E-state index in [9.17, 15) is 5.11 Å². The molecule has 0 rings (SSSR count). The predicted molar refractivity (Wildman–Crippen MR) is 46.2 cm³/mol. The van der Waals surface area contributed by atoms with E-state index in [0.717, 1.165) is 6.42 Å². The third kappa shape index (κ3) is 9.88. The van der Waals surface area contributed by atoms with Crippen LogP contribution in [0.5, 0.6) is 0 Å². The zero-order chi connectivity index (χ0) is 9.23. The second kappa shape index (κ2) is 8.97. The minimum absolute atomic E-state index is 0.136. The molecule has 0 spiro atoms. The van der Waals surface area contributed by atoms with E-state index in [0.29, 0.717) is 6.61 Å². The van der Waals surface area contributed by atoms with E-state index < -0.39 is 6.29 Å². The zero-order valence-electron chi connectivity index (χ0n) is 8.04. The fraction of sp³-hybridized carbons (Fsp3) is 1.00. The van der Waals surface area contributed by atoms with Gasteiger partial charge < -0.3 is 9.47 Å². The van der Waals surface area contributed by atoms with Crippen molar-refractivity contribution in [3.63, 3.8) is 0 Å². The van der Waals surface area contributed by atoms with Gasteiger partial charge in [-0.25, -0.2) is 5.11 Å². The van der Waals surface area contributed by atoms with Crippen molar-refractivity contribution in [2.75, 3.05) is 13.4 Å². The van der Waals surface area contributed by atoms with Crippen LogP contribution in [0.15, 0.2) is 0 Å². The Morgan fingerprint density at radius 2 is 2.00 bits per heavy atom. The summed E-state index contributed by atoms with van der Waals surface area (Å²) in [6, 6.07) is 0. The first-order valence-corrected chi connectivity index (χ1v) is 4.62. The van der Waals surface area contributed by atoms with Gasteiger partial charge in [0.1, 0.15) is 6.79 Å². The molecule has 0 saturated carbocycles. The van der Waals surface area contributed by atoms with Crippen molar-refractivity contribution >= 4 is 0 Å². The summed E-state index contributed by atoms with van der Waals surface area (Å²) in [4.78, 5) is 0. The quantitative estimate of drug-likeness (QED) is 0.419. The summed E-state index contributed by atoms with van der Waals surface area (Å²) in [5.74, 6) is 0. The van der Waals surface area contributed by atoms with Gasteiger partial charge in [-0.05, 0) is 13.3 Å². The molecular formula is C9H19O3. The van der Waals surface area contributed by atoms with Crippen molar-refractivity contribution in [3.8, 4) is 0 Å². The van der Waals surface area contributed by atoms with E-state index in [4.69, 9.17) is 4.74 Å². The van der Waals surface area contributed by atoms with Crippen molar-refractivity contribution in [1.82, 2.24) is 0 Å². The highest BCUT2D eigenvalue weighted by Gasteiger charge is 1.95. The predicted octanol–water partition coefficient (Wildman–Crippen LogP) is 2.33. The standard InChI is InChI=1S/C9H19O3/c1-3-4-5-6-7-11-8-12-9(2)10/h9H,3-8H2,1-2H3. The van der Waals surface area contributed by atoms with Crippen LogP contribution in [0, 0.1) is 0 Å². The van der Waals surface area contributed by atoms with Gasteiger partial charge in [0.2, 0.25) is 0 Å². The summed E-state index contributed by atoms with van der Waals surface area (Å²) in [5, 5.41) is 10.4. The van der Waals surface area contributed by atoms with Gasteiger partial charge in [0.25, 0.3) is 0 Å². The number of hydrogen-bond acceptors (Lipinski definition) is 2. The summed E-state index contributed by atoms with van der Waals surface area (Å²) in [6.45, 7) is 4.47. The summed E-state index contributed by atoms with van der Waals surface area (Å²) in [7, 11) is 0. The van der Waals surface area contributed by atoms with Gasteiger partial charge in [-0.1, -0.05) is 26.2 Å². The third-order valence-corrected chi connectivity index (χ3v) is 1.53. The van der Waals surface area contributed by atoms with Crippen LogP contribution in [0.1, 0.15) is 39.5 Å². The van der Waals surface area contributed by atoms with Crippen LogP contribution in [0.4, 0.5) is 0 Å². The lowest BCUT2D eigenvalue weighted by atomic mass is 10.2. The molecule has 0 aliphatic heterocycles. The molecule has 0 heterocycles. The lowest BCUT2D eigenvalue weighted by molar-refractivity contribution is -0.186. The Balaban J connectivity index is 2.82. The van der Waals surface area contributed by atoms with E-state index >= 15 is 0 Å². The minimum Gasteiger partial charge on any atom is -0.355 e. The highest BCUT2D eigenvalue weighted by molar-refractivity contribution is 4.37. The molecule has 0 aliphatic rings. The first-order chi connectivity index (χ1) is 5.77. The minimum atomic E-state index is -0.972. The molecule has 0 bridgehead atoms. The molecule has 0 aromatic heterocycles. The fourth-order valence-electron chi connectivity index (χ4n) is 0.834. The molecule has 0 aromatic rings. The largest absolute Gasteiger partial charge is 0.355 e. The molecular weight excluding hydrogens is 156 g/mol. The van der Waals surface area contributed by atoms with Gasteiger partial charge in [0, 0.05) is 6.61 Å². The molecule has 1 radical (unpaired) electrons. The lowest BCUT2D eigenvalue weighted by Crippen LogP contribution is -2.09. The van der Waals surface area contributed by atoms with Crippen LogP contribution in [-0.2, 0) is 14.6 Å². The second-order valence-electron chi connectivity index (χ2n) is 2.82. The van der Waals surface area contributed by atoms with Gasteiger partial charge >= 0.3 is 0 Å². The SMILES string of the molecule is CCCCCCOCOC(C)[O]. The smallest absolute Gasteiger partial charge is 0.191 e. The molecule has 0 fully saturated rings. The Morgan fingerprint density at radius 1 is 1.25 bits per heavy atom. The fourth-order valence-corrected chi connectivity index (χ4v) is 0.834. The van der Waals surface area contributed by atoms with Gasteiger partial charge in [0.05, 0.1) is 0 Å². The van der Waals surface area contributed by atoms with E-state index in [-0.39, 0.29) is 6.79 Å². The molecule has 3 nitrogen and oxygen atoms in total. The molecule has 1 unspecified atom stereocenters. The number of hydrogen-bond donors (Lipinski definition) is 0. The first kappa shape index (κ1) is 11.9. The van der Waals surface area contributed by atoms with Gasteiger partial charge in [-0.2, -0.15) is 0 Å². The van der Waals surface area contributed by atoms with Gasteiger partial charge in [-0.15, -0.1) is 0 Å². The van der Waals surface area contributed by atoms with E-state index in [2.05, 4.69) is 11.7 Å². The second-order valence-corrected chi connectivity index (χ2v) is 2.82. The summed E-state index contributed by atoms with van der Waals surface area (Å²) in [5.41, 5.74) is 0. The molecule has 0 amide bonds. The van der Waals surface area contributed by atoms with Gasteiger partial charge in [-0.3, -0.25) is 0 Å². The number of unbranched alkanes of at least 4 members (excludes halogenated alkanes) is 3. The van der Waals surface area contributed by atoms with Crippen LogP contribution in [-0.4, -0.2) is 19.7 Å². The molecule has 0 aromatic carbocycles. The highest BCUT2D eigenvalue weighted by Crippen LogP contribution is 1.98. The monoisotopic (exact) mass is 175 g/mol. The molecule has 0 N–H and O–H groups in total. The topological polar surface area (TPSA) is 38.4 Å². The maximum Gasteiger partial charge on any atom is 0.191 e. The number of rotatable bonds is 8. The Hall–Kier alpha value is -0.120. The third-order valence-electron chi connectivity index (χ3n) is 1.53. The van der Waals surface area contributed by atoms with Crippen molar-refractivity contribution in [2.45, 2.75) is 45.8 Å². The molecule has 73 valence electrons. The zero-order valence-corrected chi connectivity index (χ0v) is 8.04. The molecule has 0 aliphatic carbocycles. The highest BCUT2D eigenvalue weighted by atomic mass is 16.7. The first-order valence-electron chi connectivity index (χ1n) is 4.62. The van der Waals surface area contributed by atoms with Crippen molar-refractivity contribution in [2.24, 2.45) is 0 Å². The Labute approximate surface area is 74.7 Å². The Kier molecular flexibility index (Phi) is 8.88. The van der Waals surface area contributed by atoms with Crippen molar-refractivity contribution in [3.05, 3.63) is 0 Å². The van der Waals surface area contributed by atoms with Crippen LogP contribution >= 0.6 is 0 Å². The maximum absolute atomic E-state index is 10.4.